The molecule has 1 amide bonds. The lowest BCUT2D eigenvalue weighted by Gasteiger charge is -2.31. The molecule has 2 aliphatic rings. The third-order valence-electron chi connectivity index (χ3n) is 4.38. The largest absolute Gasteiger partial charge is 0.497 e. The Balaban J connectivity index is 1.65. The van der Waals surface area contributed by atoms with Gasteiger partial charge in [-0.15, -0.1) is 0 Å². The molecule has 3 nitrogen and oxygen atoms in total. The molecule has 0 spiro atoms. The predicted octanol–water partition coefficient (Wildman–Crippen LogP) is 3.86. The number of carbonyl (C=O) groups is 1. The second-order valence-corrected chi connectivity index (χ2v) is 6.88. The number of nitrogens with one attached hydrogen (secondary N) is 1. The molecule has 4 heteroatoms. The Kier molecular flexibility index (Phi) is 3.62. The molecule has 2 aromatic rings. The molecule has 0 saturated carbocycles. The number of benzene rings is 2. The maximum atomic E-state index is 12.6. The molecule has 0 bridgehead atoms. The quantitative estimate of drug-likeness (QED) is 0.912. The Hall–Kier alpha value is -2.20. The van der Waals surface area contributed by atoms with Crippen molar-refractivity contribution in [2.24, 2.45) is 0 Å². The molecule has 116 valence electrons. The number of amides is 1. The van der Waals surface area contributed by atoms with E-state index in [9.17, 15) is 4.79 Å². The van der Waals surface area contributed by atoms with E-state index < -0.39 is 0 Å². The monoisotopic (exact) mass is 323 g/mol. The fraction of sp³-hybridized carbons (Fsp3) is 0.211. The van der Waals surface area contributed by atoms with Crippen molar-refractivity contribution in [3.63, 3.8) is 0 Å². The van der Waals surface area contributed by atoms with Gasteiger partial charge in [-0.2, -0.15) is 0 Å². The average molecular weight is 323 g/mol. The molecule has 2 aromatic carbocycles. The van der Waals surface area contributed by atoms with Gasteiger partial charge in [0.1, 0.15) is 5.75 Å². The zero-order valence-corrected chi connectivity index (χ0v) is 13.7. The van der Waals surface area contributed by atoms with E-state index >= 15 is 0 Å². The molecular weight excluding hydrogens is 306 g/mol. The fourth-order valence-corrected chi connectivity index (χ4v) is 4.29. The topological polar surface area (TPSA) is 38.3 Å². The Morgan fingerprint density at radius 1 is 1.17 bits per heavy atom. The molecular formula is C19H17NO2S. The summed E-state index contributed by atoms with van der Waals surface area (Å²) in [6.07, 6.45) is 1.72. The van der Waals surface area contributed by atoms with Crippen LogP contribution in [0.2, 0.25) is 0 Å². The summed E-state index contributed by atoms with van der Waals surface area (Å²) < 4.78 is 5.29. The highest BCUT2D eigenvalue weighted by Gasteiger charge is 2.31. The van der Waals surface area contributed by atoms with Crippen molar-refractivity contribution >= 4 is 17.7 Å². The standard InChI is InChI=1S/C19H17NO2S/c1-22-15-8-7-13-9-14-10-16(12-5-3-2-4-6-12)20-19(21)18(14)23-17(13)11-15/h2-8,11,16H,9-10H2,1H3,(H,20,21). The number of thioether (sulfide) groups is 1. The molecule has 1 N–H and O–H groups in total. The Bertz CT molecular complexity index is 798. The van der Waals surface area contributed by atoms with E-state index in [0.29, 0.717) is 0 Å². The van der Waals surface area contributed by atoms with E-state index in [0.717, 1.165) is 34.0 Å². The van der Waals surface area contributed by atoms with Crippen molar-refractivity contribution in [1.29, 1.82) is 0 Å². The van der Waals surface area contributed by atoms with Gasteiger partial charge in [0.25, 0.3) is 5.91 Å². The normalized spacial score (nSPS) is 19.7. The van der Waals surface area contributed by atoms with Gasteiger partial charge >= 0.3 is 0 Å². The Labute approximate surface area is 139 Å². The van der Waals surface area contributed by atoms with Crippen LogP contribution in [0.3, 0.4) is 0 Å². The molecule has 2 aliphatic heterocycles. The first-order valence-corrected chi connectivity index (χ1v) is 8.49. The van der Waals surface area contributed by atoms with Crippen LogP contribution in [0.4, 0.5) is 0 Å². The van der Waals surface area contributed by atoms with E-state index in [1.165, 1.54) is 11.1 Å². The third-order valence-corrected chi connectivity index (χ3v) is 5.65. The summed E-state index contributed by atoms with van der Waals surface area (Å²) in [5.74, 6) is 0.872. The molecule has 2 heterocycles. The minimum atomic E-state index is 0.0403. The van der Waals surface area contributed by atoms with Gasteiger partial charge in [-0.1, -0.05) is 48.2 Å². The van der Waals surface area contributed by atoms with Gasteiger partial charge in [-0.25, -0.2) is 0 Å². The lowest BCUT2D eigenvalue weighted by molar-refractivity contribution is -0.118. The summed E-state index contributed by atoms with van der Waals surface area (Å²) in [5.41, 5.74) is 3.68. The predicted molar refractivity (Wildman–Crippen MR) is 91.5 cm³/mol. The van der Waals surface area contributed by atoms with Gasteiger partial charge in [0.05, 0.1) is 18.1 Å². The van der Waals surface area contributed by atoms with Crippen molar-refractivity contribution < 1.29 is 9.53 Å². The van der Waals surface area contributed by atoms with Crippen LogP contribution in [0.5, 0.6) is 5.75 Å². The van der Waals surface area contributed by atoms with Crippen molar-refractivity contribution in [2.45, 2.75) is 23.8 Å². The van der Waals surface area contributed by atoms with Crippen molar-refractivity contribution in [3.8, 4) is 5.75 Å². The molecule has 23 heavy (non-hydrogen) atoms. The van der Waals surface area contributed by atoms with E-state index in [1.54, 1.807) is 18.9 Å². The average Bonchev–Trinajstić information content (AvgIpc) is 2.60. The lowest BCUT2D eigenvalue weighted by Crippen LogP contribution is -2.35. The SMILES string of the molecule is COc1ccc2c(c1)SC1=C(C2)CC(c2ccccc2)NC1=O. The van der Waals surface area contributed by atoms with Crippen LogP contribution in [-0.4, -0.2) is 13.0 Å². The van der Waals surface area contributed by atoms with Gasteiger partial charge in [-0.05, 0) is 41.7 Å². The zero-order valence-electron chi connectivity index (χ0n) is 12.8. The summed E-state index contributed by atoms with van der Waals surface area (Å²) in [5, 5.41) is 3.14. The van der Waals surface area contributed by atoms with Crippen LogP contribution in [0, 0.1) is 0 Å². The lowest BCUT2D eigenvalue weighted by atomic mass is 9.91. The second-order valence-electron chi connectivity index (χ2n) is 5.83. The van der Waals surface area contributed by atoms with E-state index in [4.69, 9.17) is 4.74 Å². The zero-order chi connectivity index (χ0) is 15.8. The molecule has 4 rings (SSSR count). The number of hydrogen-bond donors (Lipinski definition) is 1. The van der Waals surface area contributed by atoms with Crippen LogP contribution in [0.25, 0.3) is 0 Å². The van der Waals surface area contributed by atoms with Gasteiger partial charge in [0, 0.05) is 4.90 Å². The second kappa shape index (κ2) is 5.78. The molecule has 0 aromatic heterocycles. The van der Waals surface area contributed by atoms with Crippen molar-refractivity contribution in [2.75, 3.05) is 7.11 Å². The molecule has 0 aliphatic carbocycles. The smallest absolute Gasteiger partial charge is 0.258 e. The third kappa shape index (κ3) is 2.63. The van der Waals surface area contributed by atoms with Crippen LogP contribution in [0.15, 0.2) is 63.9 Å². The summed E-state index contributed by atoms with van der Waals surface area (Å²) in [6.45, 7) is 0. The molecule has 1 atom stereocenters. The molecule has 0 radical (unpaired) electrons. The van der Waals surface area contributed by atoms with Gasteiger partial charge in [0.15, 0.2) is 0 Å². The van der Waals surface area contributed by atoms with Gasteiger partial charge in [-0.3, -0.25) is 4.79 Å². The number of hydrogen-bond acceptors (Lipinski definition) is 3. The molecule has 1 unspecified atom stereocenters. The van der Waals surface area contributed by atoms with Crippen LogP contribution >= 0.6 is 11.8 Å². The van der Waals surface area contributed by atoms with Crippen molar-refractivity contribution in [3.05, 3.63) is 70.1 Å². The molecule has 0 saturated heterocycles. The van der Waals surface area contributed by atoms with E-state index in [1.807, 2.05) is 30.3 Å². The highest BCUT2D eigenvalue weighted by atomic mass is 32.2. The maximum absolute atomic E-state index is 12.6. The highest BCUT2D eigenvalue weighted by molar-refractivity contribution is 8.04. The van der Waals surface area contributed by atoms with Crippen LogP contribution in [-0.2, 0) is 11.2 Å². The minimum Gasteiger partial charge on any atom is -0.497 e. The first kappa shape index (κ1) is 14.4. The van der Waals surface area contributed by atoms with Crippen molar-refractivity contribution in [1.82, 2.24) is 5.32 Å². The van der Waals surface area contributed by atoms with Crippen LogP contribution in [0.1, 0.15) is 23.6 Å². The Morgan fingerprint density at radius 2 is 2.00 bits per heavy atom. The van der Waals surface area contributed by atoms with Gasteiger partial charge < -0.3 is 10.1 Å². The first-order valence-electron chi connectivity index (χ1n) is 7.67. The first-order chi connectivity index (χ1) is 11.2. The van der Waals surface area contributed by atoms with E-state index in [2.05, 4.69) is 23.5 Å². The van der Waals surface area contributed by atoms with Gasteiger partial charge in [0.2, 0.25) is 0 Å². The minimum absolute atomic E-state index is 0.0403. The Morgan fingerprint density at radius 3 is 2.78 bits per heavy atom. The summed E-state index contributed by atoms with van der Waals surface area (Å²) >= 11 is 1.56. The summed E-state index contributed by atoms with van der Waals surface area (Å²) in [7, 11) is 1.66. The molecule has 0 fully saturated rings. The number of methoxy groups -OCH3 is 1. The maximum Gasteiger partial charge on any atom is 0.258 e. The van der Waals surface area contributed by atoms with E-state index in [-0.39, 0.29) is 11.9 Å². The number of rotatable bonds is 2. The number of fused-ring (bicyclic) bond motifs is 1. The number of ether oxygens (including phenoxy) is 1. The summed E-state index contributed by atoms with van der Waals surface area (Å²) in [4.78, 5) is 14.5. The summed E-state index contributed by atoms with van der Waals surface area (Å²) in [6, 6.07) is 16.4. The highest BCUT2D eigenvalue weighted by Crippen LogP contribution is 2.44. The van der Waals surface area contributed by atoms with Crippen LogP contribution < -0.4 is 10.1 Å². The number of carbonyl (C=O) groups excluding carboxylic acids is 1. The fourth-order valence-electron chi connectivity index (χ4n) is 3.17.